The van der Waals surface area contributed by atoms with E-state index in [-0.39, 0.29) is 30.2 Å². The van der Waals surface area contributed by atoms with Crippen LogP contribution >= 0.6 is 0 Å². The van der Waals surface area contributed by atoms with Gasteiger partial charge in [-0.15, -0.1) is 6.58 Å². The number of hydrogen-bond acceptors (Lipinski definition) is 7. The van der Waals surface area contributed by atoms with Gasteiger partial charge in [-0.1, -0.05) is 61.5 Å². The molecule has 0 amide bonds. The smallest absolute Gasteiger partial charge is 0.178 e. The summed E-state index contributed by atoms with van der Waals surface area (Å²) in [6, 6.07) is 31.2. The van der Waals surface area contributed by atoms with Gasteiger partial charge in [0, 0.05) is 41.7 Å². The van der Waals surface area contributed by atoms with E-state index >= 15 is 0 Å². The summed E-state index contributed by atoms with van der Waals surface area (Å²) in [7, 11) is 0. The fraction of sp³-hybridized carbons (Fsp3) is 0.293. The molecular formula is C41H41N7. The molecule has 9 rings (SSSR count). The van der Waals surface area contributed by atoms with Crippen molar-refractivity contribution in [2.75, 3.05) is 19.6 Å². The van der Waals surface area contributed by atoms with Gasteiger partial charge >= 0.3 is 0 Å². The second-order valence-electron chi connectivity index (χ2n) is 14.0. The molecule has 240 valence electrons. The molecule has 0 saturated heterocycles. The molecule has 5 unspecified atom stereocenters. The quantitative estimate of drug-likeness (QED) is 0.173. The normalized spacial score (nSPS) is 24.9. The van der Waals surface area contributed by atoms with Gasteiger partial charge in [-0.05, 0) is 98.5 Å². The molecule has 7 nitrogen and oxygen atoms in total. The lowest BCUT2D eigenvalue weighted by molar-refractivity contribution is 0.0903. The molecule has 3 aliphatic heterocycles. The number of aryl methyl sites for hydroxylation is 1. The van der Waals surface area contributed by atoms with Crippen LogP contribution in [0.2, 0.25) is 0 Å². The Bertz CT molecular complexity index is 2040. The molecule has 48 heavy (non-hydrogen) atoms. The van der Waals surface area contributed by atoms with Crippen molar-refractivity contribution in [3.8, 4) is 0 Å². The van der Waals surface area contributed by atoms with Crippen molar-refractivity contribution in [2.45, 2.75) is 64.8 Å². The minimum absolute atomic E-state index is 0.101. The lowest BCUT2D eigenvalue weighted by Gasteiger charge is -2.57. The first-order valence-corrected chi connectivity index (χ1v) is 17.3. The molecule has 5 aromatic rings. The molecule has 2 aromatic heterocycles. The van der Waals surface area contributed by atoms with E-state index < -0.39 is 5.41 Å². The Morgan fingerprint density at radius 1 is 0.771 bits per heavy atom. The monoisotopic (exact) mass is 631 g/mol. The maximum absolute atomic E-state index is 5.16. The van der Waals surface area contributed by atoms with Gasteiger partial charge in [-0.2, -0.15) is 0 Å². The van der Waals surface area contributed by atoms with E-state index in [2.05, 4.69) is 145 Å². The lowest BCUT2D eigenvalue weighted by atomic mass is 9.62. The third kappa shape index (κ3) is 3.73. The Morgan fingerprint density at radius 3 is 2.19 bits per heavy atom. The molecule has 2 bridgehead atoms. The summed E-state index contributed by atoms with van der Waals surface area (Å²) in [6.45, 7) is 13.9. The predicted molar refractivity (Wildman–Crippen MR) is 195 cm³/mol. The van der Waals surface area contributed by atoms with Gasteiger partial charge < -0.3 is 19.6 Å². The maximum atomic E-state index is 5.16. The number of pyridine rings is 1. The van der Waals surface area contributed by atoms with Gasteiger partial charge in [0.05, 0.1) is 11.1 Å². The Balaban J connectivity index is 1.41. The number of para-hydroxylation sites is 2. The zero-order valence-corrected chi connectivity index (χ0v) is 28.0. The van der Waals surface area contributed by atoms with Crippen LogP contribution in [0, 0.1) is 18.3 Å². The third-order valence-corrected chi connectivity index (χ3v) is 11.4. The summed E-state index contributed by atoms with van der Waals surface area (Å²) >= 11 is 0. The van der Waals surface area contributed by atoms with Crippen LogP contribution in [0.1, 0.15) is 49.8 Å². The van der Waals surface area contributed by atoms with E-state index in [9.17, 15) is 0 Å². The number of benzene rings is 3. The largest absolute Gasteiger partial charge is 0.345 e. The molecule has 0 fully saturated rings. The van der Waals surface area contributed by atoms with E-state index in [0.717, 1.165) is 41.7 Å². The van der Waals surface area contributed by atoms with Crippen LogP contribution in [0.5, 0.6) is 0 Å². The first kappa shape index (κ1) is 29.0. The second-order valence-corrected chi connectivity index (χ2v) is 14.0. The number of anilines is 7. The zero-order chi connectivity index (χ0) is 32.7. The van der Waals surface area contributed by atoms with Crippen molar-refractivity contribution in [3.05, 3.63) is 133 Å². The van der Waals surface area contributed by atoms with E-state index in [4.69, 9.17) is 15.0 Å². The number of hydrogen-bond donors (Lipinski definition) is 0. The lowest BCUT2D eigenvalue weighted by Crippen LogP contribution is -2.67. The average Bonchev–Trinajstić information content (AvgIpc) is 3.74. The summed E-state index contributed by atoms with van der Waals surface area (Å²) < 4.78 is 0. The van der Waals surface area contributed by atoms with Crippen molar-refractivity contribution in [1.29, 1.82) is 0 Å². The maximum Gasteiger partial charge on any atom is 0.178 e. The highest BCUT2D eigenvalue weighted by Crippen LogP contribution is 2.66. The van der Waals surface area contributed by atoms with Gasteiger partial charge in [-0.25, -0.2) is 15.0 Å². The summed E-state index contributed by atoms with van der Waals surface area (Å²) in [5.74, 6) is 3.16. The van der Waals surface area contributed by atoms with Gasteiger partial charge in [-0.3, -0.25) is 0 Å². The molecule has 7 heteroatoms. The molecule has 5 heterocycles. The molecule has 0 spiro atoms. The highest BCUT2D eigenvalue weighted by molar-refractivity contribution is 5.88. The van der Waals surface area contributed by atoms with Gasteiger partial charge in [0.2, 0.25) is 0 Å². The summed E-state index contributed by atoms with van der Waals surface area (Å²) in [5, 5.41) is 0. The average molecular weight is 632 g/mol. The molecule has 3 aromatic carbocycles. The minimum Gasteiger partial charge on any atom is -0.345 e. The zero-order valence-electron chi connectivity index (χ0n) is 28.0. The summed E-state index contributed by atoms with van der Waals surface area (Å²) in [5.41, 5.74) is 8.23. The Morgan fingerprint density at radius 2 is 1.46 bits per heavy atom. The first-order valence-electron chi connectivity index (χ1n) is 17.3. The first-order chi connectivity index (χ1) is 23.5. The molecule has 1 aliphatic carbocycles. The molecule has 4 aliphatic rings. The van der Waals surface area contributed by atoms with Crippen molar-refractivity contribution < 1.29 is 0 Å². The van der Waals surface area contributed by atoms with Crippen LogP contribution < -0.4 is 19.6 Å². The van der Waals surface area contributed by atoms with E-state index in [1.807, 2.05) is 18.6 Å². The Labute approximate surface area is 283 Å². The second kappa shape index (κ2) is 10.7. The summed E-state index contributed by atoms with van der Waals surface area (Å²) in [6.07, 6.45) is 9.49. The third-order valence-electron chi connectivity index (χ3n) is 11.4. The fourth-order valence-electron chi connectivity index (χ4n) is 9.64. The molecule has 5 atom stereocenters. The van der Waals surface area contributed by atoms with Crippen molar-refractivity contribution in [1.82, 2.24) is 15.0 Å². The number of fused-ring (bicyclic) bond motifs is 6. The Kier molecular flexibility index (Phi) is 6.45. The van der Waals surface area contributed by atoms with Crippen LogP contribution in [0.15, 0.2) is 116 Å². The molecule has 0 radical (unpaired) electrons. The number of aromatic nitrogens is 3. The number of nitrogens with zero attached hydrogens (tertiary/aromatic N) is 7. The van der Waals surface area contributed by atoms with Crippen LogP contribution in [0.25, 0.3) is 0 Å². The van der Waals surface area contributed by atoms with E-state index in [1.165, 1.54) is 28.1 Å². The van der Waals surface area contributed by atoms with Crippen LogP contribution in [-0.4, -0.2) is 33.3 Å². The van der Waals surface area contributed by atoms with Crippen LogP contribution in [-0.2, 0) is 6.42 Å². The van der Waals surface area contributed by atoms with Crippen LogP contribution in [0.4, 0.5) is 40.2 Å². The number of rotatable bonds is 6. The van der Waals surface area contributed by atoms with E-state index in [1.54, 1.807) is 0 Å². The highest BCUT2D eigenvalue weighted by Gasteiger charge is 2.66. The van der Waals surface area contributed by atoms with Crippen LogP contribution in [0.3, 0.4) is 0 Å². The van der Waals surface area contributed by atoms with E-state index in [0.29, 0.717) is 0 Å². The van der Waals surface area contributed by atoms with Gasteiger partial charge in [0.25, 0.3) is 0 Å². The minimum atomic E-state index is -0.445. The summed E-state index contributed by atoms with van der Waals surface area (Å²) in [4.78, 5) is 25.6. The SMILES string of the molecule is C=CC1C2Cc3ccc(c2c3)N2c3nccnc3N(c3ccccc3)C2C1(CC)C1N(c2ccccc2C)c2ncccc2N1C(C)C. The standard InChI is InChI=1S/C41H41N7/c1-6-32-30-24-28-19-20-34(31(30)25-28)48-38-37(43-22-23-44-38)46(29-15-9-8-10-16-29)40(48)41(32,7-2)39-45(26(3)4)35-18-13-21-42-36(35)47(39)33-17-12-11-14-27(33)5/h6,8-23,25-26,30,32,39-40H,1,7,24H2,2-5H3. The topological polar surface area (TPSA) is 51.6 Å². The molecule has 0 saturated carbocycles. The highest BCUT2D eigenvalue weighted by atomic mass is 15.5. The molecule has 0 N–H and O–H groups in total. The number of allylic oxidation sites excluding steroid dienone is 1. The molecular weight excluding hydrogens is 591 g/mol. The Hall–Kier alpha value is -5.17. The van der Waals surface area contributed by atoms with Crippen molar-refractivity contribution in [2.24, 2.45) is 11.3 Å². The van der Waals surface area contributed by atoms with Crippen molar-refractivity contribution >= 4 is 40.2 Å². The predicted octanol–water partition coefficient (Wildman–Crippen LogP) is 9.04. The van der Waals surface area contributed by atoms with Gasteiger partial charge in [0.15, 0.2) is 17.5 Å². The van der Waals surface area contributed by atoms with Crippen molar-refractivity contribution in [3.63, 3.8) is 0 Å². The fourth-order valence-corrected chi connectivity index (χ4v) is 9.64. The van der Waals surface area contributed by atoms with Gasteiger partial charge in [0.1, 0.15) is 12.3 Å².